The first-order valence-electron chi connectivity index (χ1n) is 12.2. The second-order valence-corrected chi connectivity index (χ2v) is 9.12. The Bertz CT molecular complexity index is 1120. The summed E-state index contributed by atoms with van der Waals surface area (Å²) in [5.41, 5.74) is 3.59. The maximum Gasteiger partial charge on any atom is 0.199 e. The summed E-state index contributed by atoms with van der Waals surface area (Å²) in [7, 11) is 2.01. The van der Waals surface area contributed by atoms with Crippen molar-refractivity contribution in [3.63, 3.8) is 0 Å². The largest absolute Gasteiger partial charge is 0.372 e. The average molecular weight is 477 g/mol. The Morgan fingerprint density at radius 2 is 1.56 bits per heavy atom. The Kier molecular flexibility index (Phi) is 8.32. The van der Waals surface area contributed by atoms with Crippen LogP contribution in [0.15, 0.2) is 60.7 Å². The second-order valence-electron chi connectivity index (χ2n) is 8.76. The van der Waals surface area contributed by atoms with Gasteiger partial charge in [-0.05, 0) is 55.9 Å². The normalized spacial score (nSPS) is 15.3. The van der Waals surface area contributed by atoms with Crippen LogP contribution in [0.2, 0.25) is 0 Å². The van der Waals surface area contributed by atoms with Gasteiger partial charge >= 0.3 is 0 Å². The zero-order valence-electron chi connectivity index (χ0n) is 20.6. The van der Waals surface area contributed by atoms with Gasteiger partial charge in [0.1, 0.15) is 0 Å². The summed E-state index contributed by atoms with van der Waals surface area (Å²) in [4.78, 5) is 7.28. The fraction of sp³-hybridized carbons (Fsp3) is 0.407. The molecule has 0 saturated carbocycles. The lowest BCUT2D eigenvalue weighted by Crippen LogP contribution is -2.46. The molecule has 0 bridgehead atoms. The van der Waals surface area contributed by atoms with E-state index in [1.165, 1.54) is 11.3 Å². The molecule has 7 heteroatoms. The number of anilines is 1. The number of piperazine rings is 1. The van der Waals surface area contributed by atoms with Crippen LogP contribution in [0.4, 0.5) is 5.69 Å². The zero-order valence-corrected chi connectivity index (χ0v) is 21.4. The fourth-order valence-corrected chi connectivity index (χ4v) is 4.63. The highest BCUT2D eigenvalue weighted by atomic mass is 32.1. The van der Waals surface area contributed by atoms with Crippen molar-refractivity contribution < 1.29 is 0 Å². The molecule has 34 heavy (non-hydrogen) atoms. The SMILES string of the molecule is CCN(CC)c1ccc(-c2nn(CN3CCN(CC=Cc4ccccc4)CC3)c(=S)n2C)cc1. The molecule has 0 N–H and O–H groups in total. The molecule has 1 aliphatic heterocycles. The van der Waals surface area contributed by atoms with Crippen LogP contribution in [0.3, 0.4) is 0 Å². The van der Waals surface area contributed by atoms with Gasteiger partial charge in [0.2, 0.25) is 0 Å². The molecule has 0 radical (unpaired) electrons. The number of benzene rings is 2. The van der Waals surface area contributed by atoms with Crippen molar-refractivity contribution in [1.82, 2.24) is 24.1 Å². The van der Waals surface area contributed by atoms with Crippen LogP contribution in [0.25, 0.3) is 17.5 Å². The molecule has 1 fully saturated rings. The second kappa shape index (κ2) is 11.6. The standard InChI is InChI=1S/C27H36N6S/c1-4-32(5-2)25-15-13-24(14-16-25)26-28-33(27(34)29(26)3)22-31-20-18-30(19-21-31)17-9-12-23-10-7-6-8-11-23/h6-16H,4-5,17-22H2,1-3H3. The first-order valence-corrected chi connectivity index (χ1v) is 12.7. The Hall–Kier alpha value is -2.74. The van der Waals surface area contributed by atoms with E-state index in [1.54, 1.807) is 0 Å². The van der Waals surface area contributed by atoms with E-state index in [0.717, 1.165) is 68.6 Å². The monoisotopic (exact) mass is 476 g/mol. The van der Waals surface area contributed by atoms with Crippen LogP contribution in [0, 0.1) is 4.77 Å². The molecule has 1 saturated heterocycles. The smallest absolute Gasteiger partial charge is 0.199 e. The highest BCUT2D eigenvalue weighted by molar-refractivity contribution is 7.71. The first-order chi connectivity index (χ1) is 16.6. The molecule has 3 aromatic rings. The van der Waals surface area contributed by atoms with Gasteiger partial charge < -0.3 is 9.47 Å². The lowest BCUT2D eigenvalue weighted by Gasteiger charge is -2.33. The van der Waals surface area contributed by atoms with Crippen LogP contribution in [-0.2, 0) is 13.7 Å². The number of rotatable bonds is 9. The summed E-state index contributed by atoms with van der Waals surface area (Å²) in [6.07, 6.45) is 4.47. The van der Waals surface area contributed by atoms with Crippen molar-refractivity contribution in [2.45, 2.75) is 20.5 Å². The third-order valence-electron chi connectivity index (χ3n) is 6.57. The van der Waals surface area contributed by atoms with E-state index in [0.29, 0.717) is 0 Å². The molecule has 1 aliphatic rings. The molecule has 0 spiro atoms. The molecule has 0 aliphatic carbocycles. The molecule has 0 unspecified atom stereocenters. The lowest BCUT2D eigenvalue weighted by molar-refractivity contribution is 0.110. The van der Waals surface area contributed by atoms with Crippen molar-refractivity contribution in [3.05, 3.63) is 71.0 Å². The van der Waals surface area contributed by atoms with Gasteiger partial charge in [-0.25, -0.2) is 4.68 Å². The fourth-order valence-electron chi connectivity index (χ4n) is 4.45. The van der Waals surface area contributed by atoms with E-state index in [1.807, 2.05) is 16.3 Å². The van der Waals surface area contributed by atoms with E-state index in [9.17, 15) is 0 Å². The van der Waals surface area contributed by atoms with Gasteiger partial charge in [-0.3, -0.25) is 9.80 Å². The van der Waals surface area contributed by atoms with Gasteiger partial charge in [0.15, 0.2) is 10.6 Å². The average Bonchev–Trinajstić information content (AvgIpc) is 3.15. The Morgan fingerprint density at radius 3 is 2.21 bits per heavy atom. The zero-order chi connectivity index (χ0) is 23.9. The number of hydrogen-bond donors (Lipinski definition) is 0. The van der Waals surface area contributed by atoms with Gasteiger partial charge in [0.05, 0.1) is 6.67 Å². The van der Waals surface area contributed by atoms with Crippen LogP contribution >= 0.6 is 12.2 Å². The Labute approximate surface area is 208 Å². The summed E-state index contributed by atoms with van der Waals surface area (Å²) >= 11 is 5.72. The van der Waals surface area contributed by atoms with Crippen LogP contribution in [0.5, 0.6) is 0 Å². The molecule has 0 amide bonds. The highest BCUT2D eigenvalue weighted by Crippen LogP contribution is 2.22. The maximum atomic E-state index is 5.72. The molecule has 180 valence electrons. The van der Waals surface area contributed by atoms with Crippen LogP contribution in [-0.4, -0.2) is 70.0 Å². The van der Waals surface area contributed by atoms with E-state index in [-0.39, 0.29) is 0 Å². The Balaban J connectivity index is 1.34. The third-order valence-corrected chi connectivity index (χ3v) is 7.05. The molecule has 6 nitrogen and oxygen atoms in total. The predicted molar refractivity (Wildman–Crippen MR) is 145 cm³/mol. The topological polar surface area (TPSA) is 32.5 Å². The van der Waals surface area contributed by atoms with Crippen molar-refractivity contribution in [1.29, 1.82) is 0 Å². The van der Waals surface area contributed by atoms with Gasteiger partial charge in [0, 0.05) is 64.1 Å². The van der Waals surface area contributed by atoms with Gasteiger partial charge in [-0.15, -0.1) is 0 Å². The van der Waals surface area contributed by atoms with E-state index in [4.69, 9.17) is 17.3 Å². The number of nitrogens with zero attached hydrogens (tertiary/aromatic N) is 6. The van der Waals surface area contributed by atoms with Gasteiger partial charge in [0.25, 0.3) is 0 Å². The minimum atomic E-state index is 0.734. The minimum Gasteiger partial charge on any atom is -0.372 e. The number of aromatic nitrogens is 3. The van der Waals surface area contributed by atoms with Crippen molar-refractivity contribution in [2.24, 2.45) is 7.05 Å². The molecular formula is C27H36N6S. The number of hydrogen-bond acceptors (Lipinski definition) is 5. The van der Waals surface area contributed by atoms with Gasteiger partial charge in [-0.1, -0.05) is 42.5 Å². The van der Waals surface area contributed by atoms with Gasteiger partial charge in [-0.2, -0.15) is 5.10 Å². The van der Waals surface area contributed by atoms with E-state index < -0.39 is 0 Å². The molecule has 0 atom stereocenters. The summed E-state index contributed by atoms with van der Waals surface area (Å²) < 4.78 is 4.75. The molecule has 1 aromatic heterocycles. The quantitative estimate of drug-likeness (QED) is 0.416. The van der Waals surface area contributed by atoms with Crippen molar-refractivity contribution >= 4 is 24.0 Å². The van der Waals surface area contributed by atoms with Crippen molar-refractivity contribution in [3.8, 4) is 11.4 Å². The summed E-state index contributed by atoms with van der Waals surface area (Å²) in [6.45, 7) is 12.2. The highest BCUT2D eigenvalue weighted by Gasteiger charge is 2.18. The molecule has 2 aromatic carbocycles. The maximum absolute atomic E-state index is 5.72. The minimum absolute atomic E-state index is 0.734. The summed E-state index contributed by atoms with van der Waals surface area (Å²) in [5, 5.41) is 4.89. The van der Waals surface area contributed by atoms with E-state index >= 15 is 0 Å². The van der Waals surface area contributed by atoms with Crippen LogP contribution in [0.1, 0.15) is 19.4 Å². The Morgan fingerprint density at radius 1 is 0.912 bits per heavy atom. The summed E-state index contributed by atoms with van der Waals surface area (Å²) in [5.74, 6) is 0.917. The van der Waals surface area contributed by atoms with Crippen molar-refractivity contribution in [2.75, 3.05) is 50.7 Å². The summed E-state index contributed by atoms with van der Waals surface area (Å²) in [6, 6.07) is 19.1. The predicted octanol–water partition coefficient (Wildman–Crippen LogP) is 4.75. The third kappa shape index (κ3) is 5.84. The molecule has 4 rings (SSSR count). The first kappa shape index (κ1) is 24.4. The molecular weight excluding hydrogens is 440 g/mol. The molecule has 2 heterocycles. The van der Waals surface area contributed by atoms with Crippen LogP contribution < -0.4 is 4.90 Å². The lowest BCUT2D eigenvalue weighted by atomic mass is 10.2. The van der Waals surface area contributed by atoms with E-state index in [2.05, 4.69) is 95.3 Å².